The Bertz CT molecular complexity index is 1270. The Morgan fingerprint density at radius 2 is 1.76 bits per heavy atom. The molecule has 2 N–H and O–H groups in total. The minimum Gasteiger partial charge on any atom is -0.489 e. The number of sulfonamides is 1. The van der Waals surface area contributed by atoms with E-state index in [4.69, 9.17) is 26.0 Å². The Morgan fingerprint density at radius 3 is 2.30 bits per heavy atom. The number of nitrogens with zero attached hydrogens (tertiary/aromatic N) is 2. The first-order valence-corrected chi connectivity index (χ1v) is 11.5. The van der Waals surface area contributed by atoms with Gasteiger partial charge >= 0.3 is 5.97 Å². The molecule has 3 aromatic rings. The largest absolute Gasteiger partial charge is 0.489 e. The number of carboxylic acids is 1. The third-order valence-corrected chi connectivity index (χ3v) is 6.05. The van der Waals surface area contributed by atoms with Crippen LogP contribution < -0.4 is 9.46 Å². The SMILES string of the molecule is CC(=O)C(NS(=O)(=O)c1ccc(-c2nc(-c3ccc(OC(C)C)c(Cl)c3)no2)cc1)C(=O)O. The van der Waals surface area contributed by atoms with Crippen LogP contribution in [0.1, 0.15) is 20.8 Å². The van der Waals surface area contributed by atoms with Crippen molar-refractivity contribution in [1.29, 1.82) is 0 Å². The number of aromatic nitrogens is 2. The average Bonchev–Trinajstić information content (AvgIpc) is 3.23. The summed E-state index contributed by atoms with van der Waals surface area (Å²) in [4.78, 5) is 26.6. The van der Waals surface area contributed by atoms with Crippen LogP contribution in [-0.2, 0) is 19.6 Å². The summed E-state index contributed by atoms with van der Waals surface area (Å²) in [6.45, 7) is 4.75. The second-order valence-electron chi connectivity index (χ2n) is 7.26. The van der Waals surface area contributed by atoms with Gasteiger partial charge in [-0.3, -0.25) is 9.59 Å². The highest BCUT2D eigenvalue weighted by molar-refractivity contribution is 7.89. The van der Waals surface area contributed by atoms with Gasteiger partial charge in [-0.15, -0.1) is 0 Å². The van der Waals surface area contributed by atoms with Crippen LogP contribution in [0.25, 0.3) is 22.8 Å². The number of ether oxygens (including phenoxy) is 1. The first kappa shape index (κ1) is 24.4. The molecular formula is C21H20ClN3O7S. The molecule has 2 aromatic carbocycles. The number of Topliss-reactive ketones (excluding diaryl/α,β-unsaturated/α-hetero) is 1. The molecule has 0 saturated carbocycles. The lowest BCUT2D eigenvalue weighted by atomic mass is 10.2. The van der Waals surface area contributed by atoms with E-state index in [0.717, 1.165) is 6.92 Å². The molecule has 0 aliphatic heterocycles. The van der Waals surface area contributed by atoms with Gasteiger partial charge < -0.3 is 14.4 Å². The number of carboxylic acid groups (broad SMARTS) is 1. The number of benzene rings is 2. The van der Waals surface area contributed by atoms with Crippen molar-refractivity contribution < 1.29 is 32.4 Å². The maximum atomic E-state index is 12.4. The molecule has 1 unspecified atom stereocenters. The van der Waals surface area contributed by atoms with Crippen LogP contribution in [0.15, 0.2) is 51.9 Å². The van der Waals surface area contributed by atoms with E-state index in [1.165, 1.54) is 24.3 Å². The van der Waals surface area contributed by atoms with Crippen LogP contribution >= 0.6 is 11.6 Å². The molecule has 33 heavy (non-hydrogen) atoms. The molecule has 1 heterocycles. The summed E-state index contributed by atoms with van der Waals surface area (Å²) >= 11 is 6.25. The van der Waals surface area contributed by atoms with Crippen LogP contribution in [-0.4, -0.2) is 47.6 Å². The second-order valence-corrected chi connectivity index (χ2v) is 9.38. The quantitative estimate of drug-likeness (QED) is 0.428. The maximum absolute atomic E-state index is 12.4. The van der Waals surface area contributed by atoms with Crippen molar-refractivity contribution in [2.24, 2.45) is 0 Å². The molecule has 174 valence electrons. The zero-order valence-electron chi connectivity index (χ0n) is 17.8. The summed E-state index contributed by atoms with van der Waals surface area (Å²) < 4.78 is 37.6. The number of halogens is 1. The number of aliphatic carboxylic acids is 1. The van der Waals surface area contributed by atoms with Crippen molar-refractivity contribution in [3.63, 3.8) is 0 Å². The topological polar surface area (TPSA) is 149 Å². The van der Waals surface area contributed by atoms with Crippen LogP contribution in [0.2, 0.25) is 5.02 Å². The number of carbonyl (C=O) groups is 2. The van der Waals surface area contributed by atoms with Gasteiger partial charge in [0.05, 0.1) is 16.0 Å². The highest BCUT2D eigenvalue weighted by atomic mass is 35.5. The molecule has 3 rings (SSSR count). The average molecular weight is 494 g/mol. The fourth-order valence-corrected chi connectivity index (χ4v) is 4.19. The monoisotopic (exact) mass is 493 g/mol. The van der Waals surface area contributed by atoms with Crippen LogP contribution in [0.4, 0.5) is 0 Å². The van der Waals surface area contributed by atoms with E-state index in [2.05, 4.69) is 10.1 Å². The Hall–Kier alpha value is -3.28. The first-order chi connectivity index (χ1) is 15.5. The number of hydrogen-bond donors (Lipinski definition) is 2. The zero-order valence-corrected chi connectivity index (χ0v) is 19.3. The van der Waals surface area contributed by atoms with Crippen molar-refractivity contribution in [2.75, 3.05) is 0 Å². The molecule has 0 amide bonds. The number of nitrogens with one attached hydrogen (secondary N) is 1. The van der Waals surface area contributed by atoms with E-state index < -0.39 is 27.8 Å². The maximum Gasteiger partial charge on any atom is 0.329 e. The minimum atomic E-state index is -4.25. The van der Waals surface area contributed by atoms with E-state index in [1.807, 2.05) is 18.6 Å². The summed E-state index contributed by atoms with van der Waals surface area (Å²) in [6.07, 6.45) is -0.0374. The fourth-order valence-electron chi connectivity index (χ4n) is 2.75. The van der Waals surface area contributed by atoms with Gasteiger partial charge in [-0.2, -0.15) is 9.71 Å². The fraction of sp³-hybridized carbons (Fsp3) is 0.238. The standard InChI is InChI=1S/C21H20ClN3O7S/c1-11(2)31-17-9-6-14(10-16(17)22)19-23-20(32-24-19)13-4-7-15(8-5-13)33(29,30)25-18(12(3)26)21(27)28/h4-11,18,25H,1-3H3,(H,27,28). The summed E-state index contributed by atoms with van der Waals surface area (Å²) in [5, 5.41) is 13.3. The molecule has 10 nitrogen and oxygen atoms in total. The third kappa shape index (κ3) is 5.75. The molecule has 0 saturated heterocycles. The molecule has 0 aliphatic rings. The number of ketones is 1. The van der Waals surface area contributed by atoms with E-state index in [9.17, 15) is 18.0 Å². The molecule has 0 radical (unpaired) electrons. The highest BCUT2D eigenvalue weighted by Crippen LogP contribution is 2.31. The highest BCUT2D eigenvalue weighted by Gasteiger charge is 2.29. The van der Waals surface area contributed by atoms with Gasteiger partial charge in [0.25, 0.3) is 5.89 Å². The summed E-state index contributed by atoms with van der Waals surface area (Å²) in [7, 11) is -4.25. The first-order valence-electron chi connectivity index (χ1n) is 9.64. The molecule has 1 atom stereocenters. The number of hydrogen-bond acceptors (Lipinski definition) is 8. The summed E-state index contributed by atoms with van der Waals surface area (Å²) in [6, 6.07) is 8.49. The Kier molecular flexibility index (Phi) is 7.15. The van der Waals surface area contributed by atoms with Crippen molar-refractivity contribution in [3.8, 4) is 28.6 Å². The van der Waals surface area contributed by atoms with Gasteiger partial charge in [-0.25, -0.2) is 8.42 Å². The van der Waals surface area contributed by atoms with Gasteiger partial charge in [-0.1, -0.05) is 16.8 Å². The lowest BCUT2D eigenvalue weighted by molar-refractivity contribution is -0.142. The van der Waals surface area contributed by atoms with E-state index in [1.54, 1.807) is 18.2 Å². The van der Waals surface area contributed by atoms with Crippen molar-refractivity contribution in [2.45, 2.75) is 37.8 Å². The summed E-state index contributed by atoms with van der Waals surface area (Å²) in [5.41, 5.74) is 1.03. The molecule has 0 spiro atoms. The van der Waals surface area contributed by atoms with Gasteiger partial charge in [-0.05, 0) is 63.2 Å². The molecule has 1 aromatic heterocycles. The second kappa shape index (κ2) is 9.69. The molecular weight excluding hydrogens is 474 g/mol. The van der Waals surface area contributed by atoms with Crippen molar-refractivity contribution in [1.82, 2.24) is 14.9 Å². The normalized spacial score (nSPS) is 12.5. The lowest BCUT2D eigenvalue weighted by Gasteiger charge is -2.12. The van der Waals surface area contributed by atoms with Gasteiger partial charge in [0, 0.05) is 11.1 Å². The number of rotatable bonds is 9. The third-order valence-electron chi connectivity index (χ3n) is 4.32. The minimum absolute atomic E-state index is 0.0374. The van der Waals surface area contributed by atoms with Crippen LogP contribution in [0.3, 0.4) is 0 Å². The zero-order chi connectivity index (χ0) is 24.3. The smallest absolute Gasteiger partial charge is 0.329 e. The predicted molar refractivity (Wildman–Crippen MR) is 118 cm³/mol. The van der Waals surface area contributed by atoms with Gasteiger partial charge in [0.1, 0.15) is 5.75 Å². The Morgan fingerprint density at radius 1 is 1.12 bits per heavy atom. The van der Waals surface area contributed by atoms with E-state index in [-0.39, 0.29) is 22.7 Å². The van der Waals surface area contributed by atoms with Crippen molar-refractivity contribution in [3.05, 3.63) is 47.5 Å². The Balaban J connectivity index is 1.81. The van der Waals surface area contributed by atoms with Crippen molar-refractivity contribution >= 4 is 33.4 Å². The lowest BCUT2D eigenvalue weighted by Crippen LogP contribution is -2.45. The molecule has 12 heteroatoms. The Labute approximate surface area is 194 Å². The molecule has 0 aliphatic carbocycles. The van der Waals surface area contributed by atoms with E-state index in [0.29, 0.717) is 21.9 Å². The van der Waals surface area contributed by atoms with Gasteiger partial charge in [0.15, 0.2) is 11.8 Å². The molecule has 0 bridgehead atoms. The van der Waals surface area contributed by atoms with E-state index >= 15 is 0 Å². The number of carbonyl (C=O) groups excluding carboxylic acids is 1. The van der Waals surface area contributed by atoms with Gasteiger partial charge in [0.2, 0.25) is 15.8 Å². The predicted octanol–water partition coefficient (Wildman–Crippen LogP) is 3.16. The van der Waals surface area contributed by atoms with Crippen LogP contribution in [0.5, 0.6) is 5.75 Å². The molecule has 0 fully saturated rings. The summed E-state index contributed by atoms with van der Waals surface area (Å²) in [5.74, 6) is -1.51. The van der Waals surface area contributed by atoms with Crippen LogP contribution in [0, 0.1) is 0 Å².